The molecule has 160 valence electrons. The minimum atomic E-state index is -0.576. The first-order chi connectivity index (χ1) is 14.1. The van der Waals surface area contributed by atoms with E-state index in [1.165, 1.54) is 10.1 Å². The van der Waals surface area contributed by atoms with E-state index in [1.54, 1.807) is 17.6 Å². The summed E-state index contributed by atoms with van der Waals surface area (Å²) in [4.78, 5) is 5.68. The highest BCUT2D eigenvalue weighted by atomic mass is 32.1. The van der Waals surface area contributed by atoms with Crippen LogP contribution in [-0.4, -0.2) is 23.6 Å². The zero-order valence-electron chi connectivity index (χ0n) is 18.5. The zero-order valence-corrected chi connectivity index (χ0v) is 20.2. The van der Waals surface area contributed by atoms with Gasteiger partial charge >= 0.3 is 0 Å². The predicted molar refractivity (Wildman–Crippen MR) is 131 cm³/mol. The van der Waals surface area contributed by atoms with Gasteiger partial charge in [0.15, 0.2) is 5.79 Å². The molecule has 3 heterocycles. The number of ether oxygens (including phenoxy) is 2. The standard InChI is InChI=1S/C20H20N2O2S2.C4H10/c1-19(2)23-12-20(3,24-19)14-7-8-21-17(10-14)16-6-4-5-13-9-15(11-22-25)26-18(13)16;1-4(2)3/h4-11,25H,12H2,1-3H3;4H,1-3H3/b22-11+;. The van der Waals surface area contributed by atoms with Crippen molar-refractivity contribution < 1.29 is 9.47 Å². The Morgan fingerprint density at radius 2 is 1.90 bits per heavy atom. The van der Waals surface area contributed by atoms with Crippen LogP contribution in [0.5, 0.6) is 0 Å². The van der Waals surface area contributed by atoms with E-state index in [-0.39, 0.29) is 0 Å². The fraction of sp³-hybridized carbons (Fsp3) is 0.417. The van der Waals surface area contributed by atoms with Crippen molar-refractivity contribution in [3.05, 3.63) is 53.0 Å². The molecule has 0 radical (unpaired) electrons. The van der Waals surface area contributed by atoms with Crippen LogP contribution >= 0.6 is 24.2 Å². The molecule has 2 aromatic heterocycles. The summed E-state index contributed by atoms with van der Waals surface area (Å²) >= 11 is 5.62. The number of pyridine rings is 1. The Balaban J connectivity index is 0.000000589. The smallest absolute Gasteiger partial charge is 0.164 e. The Kier molecular flexibility index (Phi) is 7.02. The molecule has 6 heteroatoms. The van der Waals surface area contributed by atoms with Gasteiger partial charge in [0.1, 0.15) is 5.60 Å². The van der Waals surface area contributed by atoms with Gasteiger partial charge in [-0.25, -0.2) is 4.40 Å². The topological polar surface area (TPSA) is 43.7 Å². The van der Waals surface area contributed by atoms with Crippen LogP contribution in [0.15, 0.2) is 47.0 Å². The van der Waals surface area contributed by atoms with Gasteiger partial charge in [0.2, 0.25) is 0 Å². The van der Waals surface area contributed by atoms with Gasteiger partial charge in [-0.1, -0.05) is 39.0 Å². The third-order valence-corrected chi connectivity index (χ3v) is 5.80. The Labute approximate surface area is 188 Å². The molecule has 1 fully saturated rings. The maximum absolute atomic E-state index is 6.16. The second-order valence-electron chi connectivity index (χ2n) is 8.80. The van der Waals surface area contributed by atoms with E-state index in [2.05, 4.69) is 80.2 Å². The normalized spacial score (nSPS) is 20.7. The van der Waals surface area contributed by atoms with E-state index in [0.717, 1.165) is 27.6 Å². The molecular formula is C24H30N2O2S2. The number of hydrogen-bond acceptors (Lipinski definition) is 6. The van der Waals surface area contributed by atoms with Gasteiger partial charge in [-0.3, -0.25) is 4.98 Å². The lowest BCUT2D eigenvalue weighted by Crippen LogP contribution is -2.28. The van der Waals surface area contributed by atoms with E-state index in [4.69, 9.17) is 9.47 Å². The third-order valence-electron chi connectivity index (χ3n) is 4.56. The van der Waals surface area contributed by atoms with Crippen LogP contribution in [0.3, 0.4) is 0 Å². The van der Waals surface area contributed by atoms with Crippen molar-refractivity contribution >= 4 is 40.5 Å². The largest absolute Gasteiger partial charge is 0.347 e. The highest BCUT2D eigenvalue weighted by Crippen LogP contribution is 2.40. The van der Waals surface area contributed by atoms with E-state index >= 15 is 0 Å². The molecule has 1 atom stereocenters. The minimum absolute atomic E-state index is 0.478. The summed E-state index contributed by atoms with van der Waals surface area (Å²) in [5, 5.41) is 1.18. The lowest BCUT2D eigenvalue weighted by Gasteiger charge is -2.25. The van der Waals surface area contributed by atoms with Gasteiger partial charge in [-0.15, -0.1) is 11.3 Å². The SMILES string of the molecule is CC(C)C.CC1(C)OCC(C)(c2ccnc(-c3cccc4cc(/C=N/S)sc34)c2)O1. The molecule has 0 aliphatic carbocycles. The molecular weight excluding hydrogens is 412 g/mol. The lowest BCUT2D eigenvalue weighted by molar-refractivity contribution is -0.159. The molecule has 0 spiro atoms. The van der Waals surface area contributed by atoms with Crippen molar-refractivity contribution in [1.29, 1.82) is 0 Å². The van der Waals surface area contributed by atoms with E-state index in [9.17, 15) is 0 Å². The fourth-order valence-electron chi connectivity index (χ4n) is 3.37. The molecule has 1 aliphatic heterocycles. The summed E-state index contributed by atoms with van der Waals surface area (Å²) in [7, 11) is 0. The van der Waals surface area contributed by atoms with E-state index in [0.29, 0.717) is 6.61 Å². The number of thiol groups is 1. The number of benzene rings is 1. The van der Waals surface area contributed by atoms with Crippen molar-refractivity contribution in [2.24, 2.45) is 10.3 Å². The molecule has 0 amide bonds. The molecule has 30 heavy (non-hydrogen) atoms. The van der Waals surface area contributed by atoms with E-state index < -0.39 is 11.4 Å². The molecule has 1 unspecified atom stereocenters. The van der Waals surface area contributed by atoms with Crippen LogP contribution in [0.1, 0.15) is 52.0 Å². The minimum Gasteiger partial charge on any atom is -0.347 e. The number of rotatable bonds is 3. The molecule has 4 rings (SSSR count). The summed E-state index contributed by atoms with van der Waals surface area (Å²) in [6.45, 7) is 13.0. The molecule has 3 aromatic rings. The number of fused-ring (bicyclic) bond motifs is 1. The van der Waals surface area contributed by atoms with Gasteiger partial charge < -0.3 is 9.47 Å². The first-order valence-electron chi connectivity index (χ1n) is 10.1. The molecule has 1 aromatic carbocycles. The summed E-state index contributed by atoms with van der Waals surface area (Å²) in [6.07, 6.45) is 3.60. The highest BCUT2D eigenvalue weighted by molar-refractivity contribution is 7.79. The van der Waals surface area contributed by atoms with E-state index in [1.807, 2.05) is 26.1 Å². The van der Waals surface area contributed by atoms with Gasteiger partial charge in [0, 0.05) is 21.3 Å². The third kappa shape index (κ3) is 5.30. The van der Waals surface area contributed by atoms with Gasteiger partial charge in [-0.2, -0.15) is 0 Å². The zero-order chi connectivity index (χ0) is 21.9. The van der Waals surface area contributed by atoms with Crippen LogP contribution < -0.4 is 0 Å². The van der Waals surface area contributed by atoms with Crippen LogP contribution in [-0.2, 0) is 15.1 Å². The number of thiophene rings is 1. The van der Waals surface area contributed by atoms with Gasteiger partial charge in [0.05, 0.1) is 18.5 Å². The van der Waals surface area contributed by atoms with Crippen LogP contribution in [0.2, 0.25) is 0 Å². The summed E-state index contributed by atoms with van der Waals surface area (Å²) in [5.74, 6) is 0.257. The molecule has 4 nitrogen and oxygen atoms in total. The Hall–Kier alpha value is -1.73. The predicted octanol–water partition coefficient (Wildman–Crippen LogP) is 6.89. The quantitative estimate of drug-likeness (QED) is 0.355. The molecule has 0 bridgehead atoms. The summed E-state index contributed by atoms with van der Waals surface area (Å²) < 4.78 is 17.0. The number of aromatic nitrogens is 1. The van der Waals surface area contributed by atoms with Crippen molar-refractivity contribution in [1.82, 2.24) is 4.98 Å². The number of hydrogen-bond donors (Lipinski definition) is 1. The Bertz CT molecular complexity index is 1040. The van der Waals surface area contributed by atoms with Crippen LogP contribution in [0, 0.1) is 5.92 Å². The van der Waals surface area contributed by atoms with Crippen molar-refractivity contribution in [2.45, 2.75) is 52.9 Å². The van der Waals surface area contributed by atoms with Crippen molar-refractivity contribution in [3.8, 4) is 11.3 Å². The monoisotopic (exact) mass is 442 g/mol. The molecule has 0 N–H and O–H groups in total. The maximum Gasteiger partial charge on any atom is 0.164 e. The fourth-order valence-corrected chi connectivity index (χ4v) is 4.62. The van der Waals surface area contributed by atoms with Gasteiger partial charge in [-0.05, 0) is 68.7 Å². The Morgan fingerprint density at radius 3 is 2.53 bits per heavy atom. The summed E-state index contributed by atoms with van der Waals surface area (Å²) in [5.41, 5.74) is 2.63. The molecule has 1 aliphatic rings. The highest BCUT2D eigenvalue weighted by Gasteiger charge is 2.43. The first-order valence-corrected chi connectivity index (χ1v) is 11.4. The average Bonchev–Trinajstić information content (AvgIpc) is 3.21. The lowest BCUT2D eigenvalue weighted by atomic mass is 9.96. The summed E-state index contributed by atoms with van der Waals surface area (Å²) in [6, 6.07) is 12.5. The van der Waals surface area contributed by atoms with Crippen LogP contribution in [0.25, 0.3) is 21.3 Å². The van der Waals surface area contributed by atoms with Crippen molar-refractivity contribution in [3.63, 3.8) is 0 Å². The first kappa shape index (κ1) is 22.9. The van der Waals surface area contributed by atoms with Crippen LogP contribution in [0.4, 0.5) is 0 Å². The second kappa shape index (κ2) is 9.18. The maximum atomic E-state index is 6.16. The Morgan fingerprint density at radius 1 is 1.17 bits per heavy atom. The molecule has 1 saturated heterocycles. The molecule has 0 saturated carbocycles. The van der Waals surface area contributed by atoms with Crippen molar-refractivity contribution in [2.75, 3.05) is 6.61 Å². The second-order valence-corrected chi connectivity index (χ2v) is 10.1. The average molecular weight is 443 g/mol. The van der Waals surface area contributed by atoms with Gasteiger partial charge in [0.25, 0.3) is 0 Å². The number of nitrogens with zero attached hydrogens (tertiary/aromatic N) is 2.